The molecule has 2 heteroatoms. The van der Waals surface area contributed by atoms with E-state index in [4.69, 9.17) is 11.6 Å². The maximum atomic E-state index is 13.5. The highest BCUT2D eigenvalue weighted by atomic mass is 35.5. The summed E-state index contributed by atoms with van der Waals surface area (Å²) < 4.78 is 13.5. The van der Waals surface area contributed by atoms with Gasteiger partial charge in [-0.1, -0.05) is 25.1 Å². The first-order chi connectivity index (χ1) is 7.15. The second-order valence-electron chi connectivity index (χ2n) is 4.83. The zero-order chi connectivity index (χ0) is 10.9. The molecule has 1 aromatic carbocycles. The molecule has 15 heavy (non-hydrogen) atoms. The van der Waals surface area contributed by atoms with Gasteiger partial charge in [-0.25, -0.2) is 4.39 Å². The predicted octanol–water partition coefficient (Wildman–Crippen LogP) is 4.02. The van der Waals surface area contributed by atoms with E-state index in [-0.39, 0.29) is 11.2 Å². The molecular formula is C13H16ClF. The first-order valence-corrected chi connectivity index (χ1v) is 5.98. The van der Waals surface area contributed by atoms with Gasteiger partial charge in [0.1, 0.15) is 5.82 Å². The Morgan fingerprint density at radius 3 is 2.60 bits per heavy atom. The maximum absolute atomic E-state index is 13.5. The fourth-order valence-electron chi connectivity index (χ4n) is 2.16. The minimum absolute atomic E-state index is 0.0732. The third-order valence-electron chi connectivity index (χ3n) is 3.42. The molecule has 0 saturated heterocycles. The van der Waals surface area contributed by atoms with E-state index in [2.05, 4.69) is 6.92 Å². The van der Waals surface area contributed by atoms with Crippen molar-refractivity contribution in [2.45, 2.75) is 26.2 Å². The summed E-state index contributed by atoms with van der Waals surface area (Å²) in [5.41, 5.74) is 0.872. The van der Waals surface area contributed by atoms with Gasteiger partial charge >= 0.3 is 0 Å². The van der Waals surface area contributed by atoms with Gasteiger partial charge in [0.15, 0.2) is 0 Å². The Morgan fingerprint density at radius 1 is 1.40 bits per heavy atom. The van der Waals surface area contributed by atoms with Crippen molar-refractivity contribution in [2.75, 3.05) is 5.88 Å². The second-order valence-corrected chi connectivity index (χ2v) is 5.10. The summed E-state index contributed by atoms with van der Waals surface area (Å²) in [5, 5.41) is 0. The highest BCUT2D eigenvalue weighted by molar-refractivity contribution is 6.18. The van der Waals surface area contributed by atoms with Crippen LogP contribution < -0.4 is 0 Å². The van der Waals surface area contributed by atoms with Crippen LogP contribution in [0.15, 0.2) is 24.3 Å². The summed E-state index contributed by atoms with van der Waals surface area (Å²) in [5.74, 6) is 1.20. The van der Waals surface area contributed by atoms with Crippen LogP contribution in [-0.4, -0.2) is 5.88 Å². The van der Waals surface area contributed by atoms with Crippen molar-refractivity contribution in [1.82, 2.24) is 0 Å². The van der Waals surface area contributed by atoms with Gasteiger partial charge in [-0.05, 0) is 42.2 Å². The fraction of sp³-hybridized carbons (Fsp3) is 0.538. The van der Waals surface area contributed by atoms with Gasteiger partial charge in [-0.2, -0.15) is 0 Å². The van der Waals surface area contributed by atoms with Crippen LogP contribution in [0, 0.1) is 17.2 Å². The Bertz CT molecular complexity index is 346. The third-order valence-corrected chi connectivity index (χ3v) is 4.03. The van der Waals surface area contributed by atoms with Gasteiger partial charge in [-0.3, -0.25) is 0 Å². The molecule has 1 unspecified atom stereocenters. The van der Waals surface area contributed by atoms with Crippen LogP contribution in [0.3, 0.4) is 0 Å². The van der Waals surface area contributed by atoms with Crippen LogP contribution in [0.2, 0.25) is 0 Å². The van der Waals surface area contributed by atoms with Crippen molar-refractivity contribution in [1.29, 1.82) is 0 Å². The Kier molecular flexibility index (Phi) is 3.01. The molecule has 1 aromatic rings. The van der Waals surface area contributed by atoms with E-state index in [1.807, 2.05) is 12.1 Å². The van der Waals surface area contributed by atoms with Crippen molar-refractivity contribution in [2.24, 2.45) is 11.3 Å². The Balaban J connectivity index is 2.16. The summed E-state index contributed by atoms with van der Waals surface area (Å²) in [7, 11) is 0. The van der Waals surface area contributed by atoms with Crippen molar-refractivity contribution in [3.05, 3.63) is 35.6 Å². The number of rotatable bonds is 4. The van der Waals surface area contributed by atoms with E-state index in [1.165, 1.54) is 18.9 Å². The number of halogens is 2. The summed E-state index contributed by atoms with van der Waals surface area (Å²) in [4.78, 5) is 0. The normalized spacial score (nSPS) is 19.9. The van der Waals surface area contributed by atoms with Gasteiger partial charge in [0.25, 0.3) is 0 Å². The molecule has 0 radical (unpaired) electrons. The third kappa shape index (κ3) is 2.34. The largest absolute Gasteiger partial charge is 0.207 e. The topological polar surface area (TPSA) is 0 Å². The molecule has 0 nitrogen and oxygen atoms in total. The molecule has 0 aliphatic heterocycles. The molecular weight excluding hydrogens is 211 g/mol. The van der Waals surface area contributed by atoms with Gasteiger partial charge in [0.05, 0.1) is 0 Å². The highest BCUT2D eigenvalue weighted by Gasteiger charge is 2.41. The lowest BCUT2D eigenvalue weighted by Crippen LogP contribution is -2.24. The Morgan fingerprint density at radius 2 is 2.07 bits per heavy atom. The minimum Gasteiger partial charge on any atom is -0.207 e. The van der Waals surface area contributed by atoms with Crippen molar-refractivity contribution in [3.63, 3.8) is 0 Å². The lowest BCUT2D eigenvalue weighted by atomic mass is 9.81. The Labute approximate surface area is 95.4 Å². The highest BCUT2D eigenvalue weighted by Crippen LogP contribution is 2.48. The second kappa shape index (κ2) is 4.13. The monoisotopic (exact) mass is 226 g/mol. The molecule has 82 valence electrons. The van der Waals surface area contributed by atoms with Gasteiger partial charge in [0.2, 0.25) is 0 Å². The minimum atomic E-state index is -0.102. The van der Waals surface area contributed by atoms with E-state index in [0.717, 1.165) is 12.0 Å². The molecule has 1 fully saturated rings. The molecule has 0 spiro atoms. The fourth-order valence-corrected chi connectivity index (χ4v) is 2.47. The molecule has 0 N–H and O–H groups in total. The first kappa shape index (κ1) is 10.9. The molecule has 0 aromatic heterocycles. The van der Waals surface area contributed by atoms with E-state index >= 15 is 0 Å². The Hall–Kier alpha value is -0.560. The standard InChI is InChI=1S/C13H16ClF/c1-13(9-14,11-6-7-11)8-10-4-2-3-5-12(10)15/h2-5,11H,6-9H2,1H3. The molecule has 1 saturated carbocycles. The number of benzene rings is 1. The summed E-state index contributed by atoms with van der Waals surface area (Å²) in [6.07, 6.45) is 3.25. The molecule has 1 atom stereocenters. The van der Waals surface area contributed by atoms with Gasteiger partial charge in [-0.15, -0.1) is 11.6 Å². The zero-order valence-corrected chi connectivity index (χ0v) is 9.73. The van der Waals surface area contributed by atoms with E-state index in [1.54, 1.807) is 6.07 Å². The van der Waals surface area contributed by atoms with Crippen molar-refractivity contribution < 1.29 is 4.39 Å². The van der Waals surface area contributed by atoms with Crippen molar-refractivity contribution in [3.8, 4) is 0 Å². The van der Waals surface area contributed by atoms with Crippen LogP contribution in [-0.2, 0) is 6.42 Å². The van der Waals surface area contributed by atoms with Gasteiger partial charge < -0.3 is 0 Å². The average molecular weight is 227 g/mol. The van der Waals surface area contributed by atoms with Crippen LogP contribution in [0.1, 0.15) is 25.3 Å². The van der Waals surface area contributed by atoms with Crippen LogP contribution in [0.25, 0.3) is 0 Å². The van der Waals surface area contributed by atoms with Crippen LogP contribution in [0.5, 0.6) is 0 Å². The van der Waals surface area contributed by atoms with E-state index in [9.17, 15) is 4.39 Å². The SMILES string of the molecule is CC(CCl)(Cc1ccccc1F)C1CC1. The van der Waals surface area contributed by atoms with Crippen LogP contribution >= 0.6 is 11.6 Å². The lowest BCUT2D eigenvalue weighted by Gasteiger charge is -2.27. The maximum Gasteiger partial charge on any atom is 0.126 e. The summed E-state index contributed by atoms with van der Waals surface area (Å²) in [6.45, 7) is 2.17. The number of hydrogen-bond donors (Lipinski definition) is 0. The molecule has 0 bridgehead atoms. The lowest BCUT2D eigenvalue weighted by molar-refractivity contribution is 0.309. The zero-order valence-electron chi connectivity index (χ0n) is 8.97. The molecule has 2 rings (SSSR count). The molecule has 0 amide bonds. The van der Waals surface area contributed by atoms with E-state index in [0.29, 0.717) is 11.8 Å². The molecule has 1 aliphatic rings. The summed E-state index contributed by atoms with van der Waals surface area (Å²) >= 11 is 6.02. The smallest absolute Gasteiger partial charge is 0.126 e. The van der Waals surface area contributed by atoms with E-state index < -0.39 is 0 Å². The first-order valence-electron chi connectivity index (χ1n) is 5.45. The molecule has 1 aliphatic carbocycles. The van der Waals surface area contributed by atoms with Gasteiger partial charge in [0, 0.05) is 5.88 Å². The number of hydrogen-bond acceptors (Lipinski definition) is 0. The number of alkyl halides is 1. The predicted molar refractivity (Wildman–Crippen MR) is 61.7 cm³/mol. The quantitative estimate of drug-likeness (QED) is 0.681. The average Bonchev–Trinajstić information content (AvgIpc) is 3.05. The summed E-state index contributed by atoms with van der Waals surface area (Å²) in [6, 6.07) is 7.01. The molecule has 0 heterocycles. The van der Waals surface area contributed by atoms with Crippen LogP contribution in [0.4, 0.5) is 4.39 Å². The van der Waals surface area contributed by atoms with Crippen molar-refractivity contribution >= 4 is 11.6 Å².